The molecular weight excluding hydrogens is 372 g/mol. The van der Waals surface area contributed by atoms with Crippen molar-refractivity contribution in [3.63, 3.8) is 0 Å². The first-order valence-corrected chi connectivity index (χ1v) is 9.71. The monoisotopic (exact) mass is 388 g/mol. The van der Waals surface area contributed by atoms with Crippen LogP contribution in [-0.4, -0.2) is 37.9 Å². The maximum Gasteiger partial charge on any atom is 0.339 e. The molecule has 0 bridgehead atoms. The number of esters is 1. The minimum absolute atomic E-state index is 0.0514. The summed E-state index contributed by atoms with van der Waals surface area (Å²) in [7, 11) is -2.04. The van der Waals surface area contributed by atoms with E-state index in [2.05, 4.69) is 10.1 Å². The Morgan fingerprint density at radius 1 is 1.11 bits per heavy atom. The Bertz CT molecular complexity index is 1070. The number of hydrogen-bond donors (Lipinski definition) is 0. The third-order valence-electron chi connectivity index (χ3n) is 3.65. The Labute approximate surface area is 155 Å². The smallest absolute Gasteiger partial charge is 0.339 e. The number of nitrogens with zero attached hydrogens (tertiary/aromatic N) is 2. The Kier molecular flexibility index (Phi) is 5.22. The van der Waals surface area contributed by atoms with Crippen molar-refractivity contribution in [1.29, 1.82) is 0 Å². The van der Waals surface area contributed by atoms with Gasteiger partial charge >= 0.3 is 5.97 Å². The van der Waals surface area contributed by atoms with Gasteiger partial charge in [0.1, 0.15) is 5.75 Å². The number of aromatic nitrogens is 2. The lowest BCUT2D eigenvalue weighted by molar-refractivity contribution is 0.0425. The SMILES string of the molecule is COc1ccccc1-c1noc(COC(=O)c2ccccc2S(C)(=O)=O)n1. The standard InChI is InChI=1S/C18H16N2O6S/c1-24-14-9-5-3-7-12(14)17-19-16(26-20-17)11-25-18(21)13-8-4-6-10-15(13)27(2,22)23/h3-10H,11H2,1-2H3. The van der Waals surface area contributed by atoms with Crippen LogP contribution in [0.3, 0.4) is 0 Å². The van der Waals surface area contributed by atoms with Crippen LogP contribution in [0.25, 0.3) is 11.4 Å². The Morgan fingerprint density at radius 3 is 2.56 bits per heavy atom. The molecule has 0 fully saturated rings. The van der Waals surface area contributed by atoms with Crippen LogP contribution in [0.1, 0.15) is 16.2 Å². The lowest BCUT2D eigenvalue weighted by atomic mass is 10.2. The van der Waals surface area contributed by atoms with E-state index >= 15 is 0 Å². The summed E-state index contributed by atoms with van der Waals surface area (Å²) >= 11 is 0. The van der Waals surface area contributed by atoms with Crippen molar-refractivity contribution < 1.29 is 27.2 Å². The molecule has 0 saturated carbocycles. The highest BCUT2D eigenvalue weighted by Gasteiger charge is 2.20. The van der Waals surface area contributed by atoms with Crippen LogP contribution in [0.5, 0.6) is 5.75 Å². The van der Waals surface area contributed by atoms with Gasteiger partial charge in [0.05, 0.1) is 23.1 Å². The molecule has 0 unspecified atom stereocenters. The summed E-state index contributed by atoms with van der Waals surface area (Å²) in [6.45, 7) is -0.293. The summed E-state index contributed by atoms with van der Waals surface area (Å²) in [5, 5.41) is 3.85. The minimum atomic E-state index is -3.57. The zero-order valence-corrected chi connectivity index (χ0v) is 15.4. The van der Waals surface area contributed by atoms with Crippen LogP contribution in [0.15, 0.2) is 57.9 Å². The fourth-order valence-corrected chi connectivity index (χ4v) is 3.29. The zero-order valence-electron chi connectivity index (χ0n) is 14.6. The second kappa shape index (κ2) is 7.58. The zero-order chi connectivity index (χ0) is 19.4. The summed E-state index contributed by atoms with van der Waals surface area (Å²) in [6.07, 6.45) is 1.02. The molecule has 3 aromatic rings. The molecule has 27 heavy (non-hydrogen) atoms. The number of sulfone groups is 1. The molecule has 140 valence electrons. The fourth-order valence-electron chi connectivity index (χ4n) is 2.42. The van der Waals surface area contributed by atoms with Crippen LogP contribution >= 0.6 is 0 Å². The van der Waals surface area contributed by atoms with Gasteiger partial charge in [-0.05, 0) is 24.3 Å². The van der Waals surface area contributed by atoms with Gasteiger partial charge in [0.25, 0.3) is 5.89 Å². The highest BCUT2D eigenvalue weighted by molar-refractivity contribution is 7.90. The predicted octanol–water partition coefficient (Wildman–Crippen LogP) is 2.51. The molecule has 1 aromatic heterocycles. The number of rotatable bonds is 6. The van der Waals surface area contributed by atoms with Crippen molar-refractivity contribution in [2.75, 3.05) is 13.4 Å². The number of benzene rings is 2. The first-order valence-electron chi connectivity index (χ1n) is 7.82. The van der Waals surface area contributed by atoms with Crippen LogP contribution in [0.4, 0.5) is 0 Å². The third kappa shape index (κ3) is 4.14. The largest absolute Gasteiger partial charge is 0.496 e. The van der Waals surface area contributed by atoms with Gasteiger partial charge in [-0.1, -0.05) is 29.4 Å². The highest BCUT2D eigenvalue weighted by atomic mass is 32.2. The molecule has 3 rings (SSSR count). The van der Waals surface area contributed by atoms with E-state index in [0.29, 0.717) is 11.3 Å². The van der Waals surface area contributed by atoms with Gasteiger partial charge in [-0.25, -0.2) is 13.2 Å². The Hall–Kier alpha value is -3.20. The lowest BCUT2D eigenvalue weighted by Gasteiger charge is -2.06. The summed E-state index contributed by atoms with van der Waals surface area (Å²) in [5.74, 6) is 0.133. The van der Waals surface area contributed by atoms with Gasteiger partial charge in [0.2, 0.25) is 5.82 Å². The first kappa shape index (κ1) is 18.6. The maximum absolute atomic E-state index is 12.3. The second-order valence-corrected chi connectivity index (χ2v) is 7.54. The Morgan fingerprint density at radius 2 is 1.81 bits per heavy atom. The number of carbonyl (C=O) groups excluding carboxylic acids is 1. The van der Waals surface area contributed by atoms with E-state index in [1.54, 1.807) is 24.3 Å². The van der Waals surface area contributed by atoms with Crippen LogP contribution in [0, 0.1) is 0 Å². The van der Waals surface area contributed by atoms with Gasteiger partial charge in [-0.15, -0.1) is 0 Å². The van der Waals surface area contributed by atoms with E-state index in [4.69, 9.17) is 14.0 Å². The third-order valence-corrected chi connectivity index (χ3v) is 4.80. The molecule has 0 amide bonds. The van der Waals surface area contributed by atoms with E-state index in [-0.39, 0.29) is 28.8 Å². The van der Waals surface area contributed by atoms with Crippen molar-refractivity contribution in [1.82, 2.24) is 10.1 Å². The summed E-state index contributed by atoms with van der Waals surface area (Å²) in [6, 6.07) is 12.9. The van der Waals surface area contributed by atoms with Crippen molar-refractivity contribution in [2.45, 2.75) is 11.5 Å². The molecule has 8 nitrogen and oxygen atoms in total. The maximum atomic E-state index is 12.3. The fraction of sp³-hybridized carbons (Fsp3) is 0.167. The highest BCUT2D eigenvalue weighted by Crippen LogP contribution is 2.27. The number of para-hydroxylation sites is 1. The molecule has 0 saturated heterocycles. The quantitative estimate of drug-likeness (QED) is 0.593. The molecule has 0 atom stereocenters. The number of methoxy groups -OCH3 is 1. The molecular formula is C18H16N2O6S. The number of carbonyl (C=O) groups is 1. The number of ether oxygens (including phenoxy) is 2. The summed E-state index contributed by atoms with van der Waals surface area (Å²) in [4.78, 5) is 16.3. The van der Waals surface area contributed by atoms with E-state index < -0.39 is 15.8 Å². The van der Waals surface area contributed by atoms with Crippen molar-refractivity contribution in [3.05, 3.63) is 60.0 Å². The first-order chi connectivity index (χ1) is 12.9. The van der Waals surface area contributed by atoms with E-state index in [0.717, 1.165) is 6.26 Å². The Balaban J connectivity index is 1.76. The van der Waals surface area contributed by atoms with Crippen molar-refractivity contribution in [3.8, 4) is 17.1 Å². The van der Waals surface area contributed by atoms with Crippen molar-refractivity contribution >= 4 is 15.8 Å². The van der Waals surface area contributed by atoms with Gasteiger partial charge in [-0.3, -0.25) is 0 Å². The molecule has 0 aliphatic rings. The van der Waals surface area contributed by atoms with E-state index in [1.807, 2.05) is 6.07 Å². The van der Waals surface area contributed by atoms with Crippen LogP contribution < -0.4 is 4.74 Å². The molecule has 0 aliphatic heterocycles. The van der Waals surface area contributed by atoms with Gasteiger partial charge in [0, 0.05) is 6.26 Å². The van der Waals surface area contributed by atoms with Crippen LogP contribution in [-0.2, 0) is 21.2 Å². The van der Waals surface area contributed by atoms with Crippen LogP contribution in [0.2, 0.25) is 0 Å². The summed E-state index contributed by atoms with van der Waals surface area (Å²) in [5.41, 5.74) is 0.577. The van der Waals surface area contributed by atoms with Gasteiger partial charge in [0.15, 0.2) is 16.4 Å². The predicted molar refractivity (Wildman–Crippen MR) is 95.0 cm³/mol. The average molecular weight is 388 g/mol. The topological polar surface area (TPSA) is 109 Å². The lowest BCUT2D eigenvalue weighted by Crippen LogP contribution is -2.11. The molecule has 0 aliphatic carbocycles. The molecule has 9 heteroatoms. The molecule has 1 heterocycles. The number of hydrogen-bond acceptors (Lipinski definition) is 8. The minimum Gasteiger partial charge on any atom is -0.496 e. The van der Waals surface area contributed by atoms with E-state index in [9.17, 15) is 13.2 Å². The average Bonchev–Trinajstić information content (AvgIpc) is 3.14. The van der Waals surface area contributed by atoms with Gasteiger partial charge < -0.3 is 14.0 Å². The van der Waals surface area contributed by atoms with Crippen molar-refractivity contribution in [2.24, 2.45) is 0 Å². The molecule has 2 aromatic carbocycles. The molecule has 0 N–H and O–H groups in total. The van der Waals surface area contributed by atoms with E-state index in [1.165, 1.54) is 25.3 Å². The van der Waals surface area contributed by atoms with Gasteiger partial charge in [-0.2, -0.15) is 4.98 Å². The molecule has 0 radical (unpaired) electrons. The molecule has 0 spiro atoms. The normalized spacial score (nSPS) is 11.2. The second-order valence-electron chi connectivity index (χ2n) is 5.56. The summed E-state index contributed by atoms with van der Waals surface area (Å²) < 4.78 is 39.0.